The summed E-state index contributed by atoms with van der Waals surface area (Å²) in [6, 6.07) is 13.6. The molecule has 0 saturated carbocycles. The first-order valence-electron chi connectivity index (χ1n) is 8.20. The number of benzene rings is 2. The lowest BCUT2D eigenvalue weighted by molar-refractivity contribution is 0.0949. The van der Waals surface area contributed by atoms with E-state index in [2.05, 4.69) is 10.3 Å². The van der Waals surface area contributed by atoms with Crippen molar-refractivity contribution in [3.05, 3.63) is 59.3 Å². The third-order valence-corrected chi connectivity index (χ3v) is 4.33. The van der Waals surface area contributed by atoms with Crippen LogP contribution >= 0.6 is 0 Å². The molecule has 130 valence electrons. The number of hydrogen-bond donors (Lipinski definition) is 2. The maximum absolute atomic E-state index is 12.5. The number of carbonyl (C=O) groups is 1. The van der Waals surface area contributed by atoms with Crippen molar-refractivity contribution < 1.29 is 14.3 Å². The van der Waals surface area contributed by atoms with Crippen molar-refractivity contribution in [3.8, 4) is 11.5 Å². The number of amides is 1. The van der Waals surface area contributed by atoms with Crippen LogP contribution in [-0.2, 0) is 6.42 Å². The molecule has 2 aromatic carbocycles. The number of methoxy groups -OCH3 is 2. The van der Waals surface area contributed by atoms with Gasteiger partial charge >= 0.3 is 0 Å². The number of rotatable bonds is 6. The zero-order valence-corrected chi connectivity index (χ0v) is 14.7. The SMILES string of the molecule is COc1cccc(CCNC(=O)c2[nH]c3ccc(OC)cc3c2C)c1. The van der Waals surface area contributed by atoms with Crippen LogP contribution in [0, 0.1) is 6.92 Å². The number of ether oxygens (including phenoxy) is 2. The molecule has 25 heavy (non-hydrogen) atoms. The maximum atomic E-state index is 12.5. The van der Waals surface area contributed by atoms with Crippen molar-refractivity contribution in [2.24, 2.45) is 0 Å². The van der Waals surface area contributed by atoms with E-state index in [0.717, 1.165) is 39.9 Å². The topological polar surface area (TPSA) is 63.3 Å². The van der Waals surface area contributed by atoms with Gasteiger partial charge < -0.3 is 19.8 Å². The number of aromatic nitrogens is 1. The molecule has 0 aliphatic heterocycles. The largest absolute Gasteiger partial charge is 0.497 e. The molecule has 1 aromatic heterocycles. The fourth-order valence-corrected chi connectivity index (χ4v) is 2.90. The van der Waals surface area contributed by atoms with E-state index >= 15 is 0 Å². The zero-order valence-electron chi connectivity index (χ0n) is 14.7. The minimum atomic E-state index is -0.101. The summed E-state index contributed by atoms with van der Waals surface area (Å²) in [6.45, 7) is 2.50. The van der Waals surface area contributed by atoms with Gasteiger partial charge in [-0.1, -0.05) is 12.1 Å². The molecular weight excluding hydrogens is 316 g/mol. The summed E-state index contributed by atoms with van der Waals surface area (Å²) in [6.07, 6.45) is 0.746. The van der Waals surface area contributed by atoms with E-state index in [-0.39, 0.29) is 5.91 Å². The number of fused-ring (bicyclic) bond motifs is 1. The summed E-state index contributed by atoms with van der Waals surface area (Å²) in [4.78, 5) is 15.7. The minimum absolute atomic E-state index is 0.101. The molecule has 0 saturated heterocycles. The highest BCUT2D eigenvalue weighted by atomic mass is 16.5. The summed E-state index contributed by atoms with van der Waals surface area (Å²) < 4.78 is 10.5. The molecule has 1 amide bonds. The number of hydrogen-bond acceptors (Lipinski definition) is 3. The van der Waals surface area contributed by atoms with E-state index in [9.17, 15) is 4.79 Å². The first-order valence-corrected chi connectivity index (χ1v) is 8.20. The predicted molar refractivity (Wildman–Crippen MR) is 98.6 cm³/mol. The number of aromatic amines is 1. The quantitative estimate of drug-likeness (QED) is 0.723. The van der Waals surface area contributed by atoms with E-state index in [1.54, 1.807) is 14.2 Å². The summed E-state index contributed by atoms with van der Waals surface area (Å²) in [5.74, 6) is 1.50. The Morgan fingerprint density at radius 2 is 1.84 bits per heavy atom. The molecule has 3 rings (SSSR count). The van der Waals surface area contributed by atoms with Gasteiger partial charge in [0, 0.05) is 17.4 Å². The molecule has 0 bridgehead atoms. The fourth-order valence-electron chi connectivity index (χ4n) is 2.90. The molecule has 2 N–H and O–H groups in total. The van der Waals surface area contributed by atoms with Crippen LogP contribution in [0.1, 0.15) is 21.6 Å². The average molecular weight is 338 g/mol. The number of aryl methyl sites for hydroxylation is 1. The Morgan fingerprint density at radius 3 is 2.60 bits per heavy atom. The first kappa shape index (κ1) is 16.9. The number of nitrogens with one attached hydrogen (secondary N) is 2. The van der Waals surface area contributed by atoms with Crippen LogP contribution in [0.15, 0.2) is 42.5 Å². The Kier molecular flexibility index (Phi) is 4.93. The number of carbonyl (C=O) groups excluding carboxylic acids is 1. The Balaban J connectivity index is 1.68. The highest BCUT2D eigenvalue weighted by molar-refractivity contribution is 6.01. The summed E-state index contributed by atoms with van der Waals surface area (Å²) >= 11 is 0. The molecule has 0 aliphatic rings. The van der Waals surface area contributed by atoms with Crippen molar-refractivity contribution in [3.63, 3.8) is 0 Å². The molecule has 0 atom stereocenters. The van der Waals surface area contributed by atoms with Crippen LogP contribution in [0.2, 0.25) is 0 Å². The lowest BCUT2D eigenvalue weighted by atomic mass is 10.1. The van der Waals surface area contributed by atoms with E-state index in [0.29, 0.717) is 12.2 Å². The van der Waals surface area contributed by atoms with Crippen molar-refractivity contribution >= 4 is 16.8 Å². The van der Waals surface area contributed by atoms with Gasteiger partial charge in [0.2, 0.25) is 0 Å². The minimum Gasteiger partial charge on any atom is -0.497 e. The van der Waals surface area contributed by atoms with Crippen molar-refractivity contribution in [2.45, 2.75) is 13.3 Å². The standard InChI is InChI=1S/C20H22N2O3/c1-13-17-12-16(25-3)7-8-18(17)22-19(13)20(23)21-10-9-14-5-4-6-15(11-14)24-2/h4-8,11-12,22H,9-10H2,1-3H3,(H,21,23). The van der Waals surface area contributed by atoms with Crippen molar-refractivity contribution in [2.75, 3.05) is 20.8 Å². The van der Waals surface area contributed by atoms with Crippen LogP contribution in [0.3, 0.4) is 0 Å². The predicted octanol–water partition coefficient (Wildman–Crippen LogP) is 3.47. The molecule has 0 spiro atoms. The Labute approximate surface area is 147 Å². The van der Waals surface area contributed by atoms with Crippen LogP contribution in [-0.4, -0.2) is 31.7 Å². The van der Waals surface area contributed by atoms with Gasteiger partial charge in [0.05, 0.1) is 14.2 Å². The average Bonchev–Trinajstić information content (AvgIpc) is 2.98. The molecule has 0 aliphatic carbocycles. The lowest BCUT2D eigenvalue weighted by Gasteiger charge is -2.06. The van der Waals surface area contributed by atoms with Gasteiger partial charge in [-0.2, -0.15) is 0 Å². The van der Waals surface area contributed by atoms with Crippen molar-refractivity contribution in [1.29, 1.82) is 0 Å². The highest BCUT2D eigenvalue weighted by Gasteiger charge is 2.14. The van der Waals surface area contributed by atoms with Crippen LogP contribution in [0.25, 0.3) is 10.9 Å². The van der Waals surface area contributed by atoms with Gasteiger partial charge in [0.25, 0.3) is 5.91 Å². The summed E-state index contributed by atoms with van der Waals surface area (Å²) in [7, 11) is 3.28. The number of H-pyrrole nitrogens is 1. The first-order chi connectivity index (χ1) is 12.1. The van der Waals surface area contributed by atoms with Gasteiger partial charge in [-0.3, -0.25) is 4.79 Å². The third-order valence-electron chi connectivity index (χ3n) is 4.33. The van der Waals surface area contributed by atoms with Gasteiger partial charge in [-0.25, -0.2) is 0 Å². The van der Waals surface area contributed by atoms with E-state index in [1.165, 1.54) is 0 Å². The monoisotopic (exact) mass is 338 g/mol. The van der Waals surface area contributed by atoms with Crippen molar-refractivity contribution in [1.82, 2.24) is 10.3 Å². The molecule has 0 radical (unpaired) electrons. The molecule has 3 aromatic rings. The second kappa shape index (κ2) is 7.30. The fraction of sp³-hybridized carbons (Fsp3) is 0.250. The van der Waals surface area contributed by atoms with Crippen LogP contribution in [0.4, 0.5) is 0 Å². The molecule has 1 heterocycles. The van der Waals surface area contributed by atoms with Gasteiger partial charge in [-0.05, 0) is 54.8 Å². The van der Waals surface area contributed by atoms with Gasteiger partial charge in [0.15, 0.2) is 0 Å². The smallest absolute Gasteiger partial charge is 0.268 e. The lowest BCUT2D eigenvalue weighted by Crippen LogP contribution is -2.26. The van der Waals surface area contributed by atoms with E-state index < -0.39 is 0 Å². The molecule has 5 nitrogen and oxygen atoms in total. The third kappa shape index (κ3) is 3.60. The summed E-state index contributed by atoms with van der Waals surface area (Å²) in [5, 5.41) is 3.97. The molecule has 0 unspecified atom stereocenters. The van der Waals surface area contributed by atoms with E-state index in [1.807, 2.05) is 49.4 Å². The van der Waals surface area contributed by atoms with Crippen LogP contribution in [0.5, 0.6) is 11.5 Å². The Hall–Kier alpha value is -2.95. The van der Waals surface area contributed by atoms with Gasteiger partial charge in [-0.15, -0.1) is 0 Å². The highest BCUT2D eigenvalue weighted by Crippen LogP contribution is 2.25. The second-order valence-corrected chi connectivity index (χ2v) is 5.89. The maximum Gasteiger partial charge on any atom is 0.268 e. The molecular formula is C20H22N2O3. The second-order valence-electron chi connectivity index (χ2n) is 5.89. The molecule has 5 heteroatoms. The Bertz CT molecular complexity index is 899. The van der Waals surface area contributed by atoms with Crippen LogP contribution < -0.4 is 14.8 Å². The normalized spacial score (nSPS) is 10.7. The Morgan fingerprint density at radius 1 is 1.08 bits per heavy atom. The molecule has 0 fully saturated rings. The zero-order chi connectivity index (χ0) is 17.8. The van der Waals surface area contributed by atoms with Gasteiger partial charge in [0.1, 0.15) is 17.2 Å². The van der Waals surface area contributed by atoms with E-state index in [4.69, 9.17) is 9.47 Å². The summed E-state index contributed by atoms with van der Waals surface area (Å²) in [5.41, 5.74) is 3.57.